The first-order chi connectivity index (χ1) is 7.54. The number of likely N-dealkylation sites (N-methyl/N-ethyl adjacent to an activating group) is 2. The molecule has 1 fully saturated rings. The molecule has 0 aliphatic carbocycles. The van der Waals surface area contributed by atoms with Crippen molar-refractivity contribution in [3.05, 3.63) is 0 Å². The van der Waals surface area contributed by atoms with Crippen LogP contribution in [0.15, 0.2) is 0 Å². The molecule has 1 aliphatic rings. The van der Waals surface area contributed by atoms with Crippen molar-refractivity contribution in [1.29, 1.82) is 5.26 Å². The number of nitrogens with zero attached hydrogens (tertiary/aromatic N) is 4. The van der Waals surface area contributed by atoms with E-state index in [2.05, 4.69) is 48.8 Å². The normalized spacial score (nSPS) is 28.2. The highest BCUT2D eigenvalue weighted by Crippen LogP contribution is 2.15. The van der Waals surface area contributed by atoms with Gasteiger partial charge in [-0.15, -0.1) is 0 Å². The third kappa shape index (κ3) is 3.75. The van der Waals surface area contributed by atoms with Crippen LogP contribution >= 0.6 is 0 Å². The van der Waals surface area contributed by atoms with Crippen molar-refractivity contribution in [1.82, 2.24) is 14.7 Å². The second-order valence-corrected chi connectivity index (χ2v) is 5.10. The van der Waals surface area contributed by atoms with E-state index in [1.54, 1.807) is 0 Å². The van der Waals surface area contributed by atoms with Gasteiger partial charge in [-0.25, -0.2) is 0 Å². The van der Waals surface area contributed by atoms with E-state index in [1.807, 2.05) is 0 Å². The Morgan fingerprint density at radius 2 is 2.06 bits per heavy atom. The molecule has 1 rings (SSSR count). The van der Waals surface area contributed by atoms with E-state index in [4.69, 9.17) is 5.26 Å². The summed E-state index contributed by atoms with van der Waals surface area (Å²) < 4.78 is 0. The second-order valence-electron chi connectivity index (χ2n) is 5.10. The Morgan fingerprint density at radius 3 is 2.62 bits per heavy atom. The van der Waals surface area contributed by atoms with Gasteiger partial charge in [0, 0.05) is 38.3 Å². The van der Waals surface area contributed by atoms with Crippen molar-refractivity contribution in [3.8, 4) is 6.07 Å². The quantitative estimate of drug-likeness (QED) is 0.695. The highest BCUT2D eigenvalue weighted by atomic mass is 15.3. The largest absolute Gasteiger partial charge is 0.308 e. The molecule has 0 bridgehead atoms. The molecule has 0 aromatic heterocycles. The van der Waals surface area contributed by atoms with Crippen LogP contribution < -0.4 is 0 Å². The van der Waals surface area contributed by atoms with Crippen molar-refractivity contribution < 1.29 is 0 Å². The summed E-state index contributed by atoms with van der Waals surface area (Å²) in [7, 11) is 6.34. The van der Waals surface area contributed by atoms with E-state index in [1.165, 1.54) is 0 Å². The molecule has 4 heteroatoms. The fourth-order valence-electron chi connectivity index (χ4n) is 2.24. The number of hydrogen-bond donors (Lipinski definition) is 0. The van der Waals surface area contributed by atoms with Gasteiger partial charge in [0.25, 0.3) is 0 Å². The predicted molar refractivity (Wildman–Crippen MR) is 66.2 cm³/mol. The minimum Gasteiger partial charge on any atom is -0.308 e. The molecule has 16 heavy (non-hydrogen) atoms. The molecule has 1 heterocycles. The van der Waals surface area contributed by atoms with E-state index in [0.717, 1.165) is 26.2 Å². The Labute approximate surface area is 99.4 Å². The van der Waals surface area contributed by atoms with Gasteiger partial charge in [-0.05, 0) is 28.1 Å². The van der Waals surface area contributed by atoms with E-state index < -0.39 is 0 Å². The average molecular weight is 224 g/mol. The Morgan fingerprint density at radius 1 is 1.38 bits per heavy atom. The average Bonchev–Trinajstić information content (AvgIpc) is 2.20. The van der Waals surface area contributed by atoms with Crippen LogP contribution in [-0.4, -0.2) is 74.1 Å². The Bertz CT molecular complexity index is 246. The van der Waals surface area contributed by atoms with E-state index in [0.29, 0.717) is 18.5 Å². The zero-order valence-electron chi connectivity index (χ0n) is 11.0. The standard InChI is InChI=1S/C12H24N4/c1-11-9-15(4)12(5-6-13)10-16(11)8-7-14(2)3/h11-12H,5,7-10H2,1-4H3. The fraction of sp³-hybridized carbons (Fsp3) is 0.917. The molecular weight excluding hydrogens is 200 g/mol. The van der Waals surface area contributed by atoms with E-state index in [9.17, 15) is 0 Å². The first-order valence-electron chi connectivity index (χ1n) is 6.00. The molecule has 0 saturated carbocycles. The third-order valence-electron chi connectivity index (χ3n) is 3.41. The lowest BCUT2D eigenvalue weighted by Crippen LogP contribution is -2.56. The zero-order chi connectivity index (χ0) is 12.1. The van der Waals surface area contributed by atoms with Gasteiger partial charge >= 0.3 is 0 Å². The van der Waals surface area contributed by atoms with Crippen molar-refractivity contribution >= 4 is 0 Å². The van der Waals surface area contributed by atoms with Crippen LogP contribution in [-0.2, 0) is 0 Å². The van der Waals surface area contributed by atoms with Crippen molar-refractivity contribution in [2.75, 3.05) is 47.3 Å². The predicted octanol–water partition coefficient (Wildman–Crippen LogP) is 0.466. The smallest absolute Gasteiger partial charge is 0.0638 e. The zero-order valence-corrected chi connectivity index (χ0v) is 11.0. The van der Waals surface area contributed by atoms with Crippen molar-refractivity contribution in [3.63, 3.8) is 0 Å². The molecule has 0 amide bonds. The molecule has 92 valence electrons. The number of rotatable bonds is 4. The summed E-state index contributed by atoms with van der Waals surface area (Å²) in [5.74, 6) is 0. The van der Waals surface area contributed by atoms with Gasteiger partial charge in [0.2, 0.25) is 0 Å². The molecule has 2 unspecified atom stereocenters. The number of nitriles is 1. The van der Waals surface area contributed by atoms with Crippen LogP contribution in [0.25, 0.3) is 0 Å². The van der Waals surface area contributed by atoms with Gasteiger partial charge < -0.3 is 4.90 Å². The molecule has 0 N–H and O–H groups in total. The molecule has 0 aromatic rings. The Hall–Kier alpha value is -0.630. The first-order valence-corrected chi connectivity index (χ1v) is 6.00. The maximum atomic E-state index is 8.80. The summed E-state index contributed by atoms with van der Waals surface area (Å²) in [6.45, 7) is 6.56. The van der Waals surface area contributed by atoms with Crippen LogP contribution in [0.5, 0.6) is 0 Å². The first kappa shape index (κ1) is 13.4. The molecule has 0 radical (unpaired) electrons. The summed E-state index contributed by atoms with van der Waals surface area (Å²) in [6.07, 6.45) is 0.641. The molecule has 1 saturated heterocycles. The second kappa shape index (κ2) is 6.19. The van der Waals surface area contributed by atoms with Crippen LogP contribution in [0.3, 0.4) is 0 Å². The van der Waals surface area contributed by atoms with Gasteiger partial charge in [0.15, 0.2) is 0 Å². The van der Waals surface area contributed by atoms with Crippen LogP contribution in [0.1, 0.15) is 13.3 Å². The molecular formula is C12H24N4. The Balaban J connectivity index is 2.47. The highest BCUT2D eigenvalue weighted by Gasteiger charge is 2.28. The Kier molecular flexibility index (Phi) is 5.20. The lowest BCUT2D eigenvalue weighted by molar-refractivity contribution is 0.0502. The molecule has 0 aromatic carbocycles. The summed E-state index contributed by atoms with van der Waals surface area (Å²) in [4.78, 5) is 7.03. The third-order valence-corrected chi connectivity index (χ3v) is 3.41. The highest BCUT2D eigenvalue weighted by molar-refractivity contribution is 4.90. The molecule has 0 spiro atoms. The summed E-state index contributed by atoms with van der Waals surface area (Å²) in [5, 5.41) is 8.80. The number of hydrogen-bond acceptors (Lipinski definition) is 4. The van der Waals surface area contributed by atoms with Crippen LogP contribution in [0.2, 0.25) is 0 Å². The van der Waals surface area contributed by atoms with Crippen LogP contribution in [0, 0.1) is 11.3 Å². The monoisotopic (exact) mass is 224 g/mol. The van der Waals surface area contributed by atoms with Gasteiger partial charge in [0.1, 0.15) is 0 Å². The van der Waals surface area contributed by atoms with E-state index in [-0.39, 0.29) is 0 Å². The summed E-state index contributed by atoms with van der Waals surface area (Å²) in [6, 6.07) is 3.29. The van der Waals surface area contributed by atoms with Gasteiger partial charge in [-0.3, -0.25) is 9.80 Å². The van der Waals surface area contributed by atoms with Crippen molar-refractivity contribution in [2.24, 2.45) is 0 Å². The summed E-state index contributed by atoms with van der Waals surface area (Å²) >= 11 is 0. The van der Waals surface area contributed by atoms with Crippen molar-refractivity contribution in [2.45, 2.75) is 25.4 Å². The molecule has 2 atom stereocenters. The number of piperazine rings is 1. The SMILES string of the molecule is CC1CN(C)C(CC#N)CN1CCN(C)C. The minimum absolute atomic E-state index is 0.406. The minimum atomic E-state index is 0.406. The maximum absolute atomic E-state index is 8.80. The van der Waals surface area contributed by atoms with E-state index >= 15 is 0 Å². The topological polar surface area (TPSA) is 33.5 Å². The maximum Gasteiger partial charge on any atom is 0.0638 e. The van der Waals surface area contributed by atoms with Gasteiger partial charge in [-0.1, -0.05) is 0 Å². The van der Waals surface area contributed by atoms with Gasteiger partial charge in [0.05, 0.1) is 12.5 Å². The molecule has 1 aliphatic heterocycles. The molecule has 4 nitrogen and oxygen atoms in total. The fourth-order valence-corrected chi connectivity index (χ4v) is 2.24. The van der Waals surface area contributed by atoms with Gasteiger partial charge in [-0.2, -0.15) is 5.26 Å². The lowest BCUT2D eigenvalue weighted by Gasteiger charge is -2.43. The lowest BCUT2D eigenvalue weighted by atomic mass is 10.1. The van der Waals surface area contributed by atoms with Crippen LogP contribution in [0.4, 0.5) is 0 Å². The summed E-state index contributed by atoms with van der Waals surface area (Å²) in [5.41, 5.74) is 0.